The van der Waals surface area contributed by atoms with Crippen molar-refractivity contribution >= 4 is 9.47 Å². The number of rotatable bonds is 9. The Labute approximate surface area is 77.6 Å². The molecule has 12 heavy (non-hydrogen) atoms. The van der Waals surface area contributed by atoms with Crippen molar-refractivity contribution in [3.8, 4) is 0 Å². The van der Waals surface area contributed by atoms with Crippen LogP contribution in [0.3, 0.4) is 0 Å². The third-order valence-electron chi connectivity index (χ3n) is 1.50. The van der Waals surface area contributed by atoms with Gasteiger partial charge >= 0.3 is 0 Å². The van der Waals surface area contributed by atoms with Crippen molar-refractivity contribution in [2.75, 3.05) is 19.8 Å². The molecule has 0 aromatic rings. The average molecular weight is 190 g/mol. The minimum Gasteiger partial charge on any atom is -0.381 e. The molecule has 2 nitrogen and oxygen atoms in total. The molecule has 0 saturated carbocycles. The van der Waals surface area contributed by atoms with Gasteiger partial charge in [0.25, 0.3) is 0 Å². The van der Waals surface area contributed by atoms with Crippen molar-refractivity contribution in [3.63, 3.8) is 0 Å². The zero-order valence-corrected chi connectivity index (χ0v) is 8.78. The molecule has 0 amide bonds. The largest absolute Gasteiger partial charge is 0.381 e. The maximum absolute atomic E-state index is 5.37. The van der Waals surface area contributed by atoms with Crippen LogP contribution in [0.2, 0.25) is 0 Å². The summed E-state index contributed by atoms with van der Waals surface area (Å²) in [5.41, 5.74) is 0. The Kier molecular flexibility index (Phi) is 11.2. The number of hydrogen-bond acceptors (Lipinski definition) is 2. The number of unbranched alkanes of at least 4 members (excludes halogenated alkanes) is 2. The highest BCUT2D eigenvalue weighted by molar-refractivity contribution is 7.09. The van der Waals surface area contributed by atoms with Gasteiger partial charge in [0.15, 0.2) is 0 Å². The highest BCUT2D eigenvalue weighted by atomic mass is 31.0. The molecule has 0 spiro atoms. The van der Waals surface area contributed by atoms with Crippen LogP contribution < -0.4 is 0 Å². The standard InChI is InChI=1S/C9H19O2P/c1-2-3-4-7-10-8-5-6-9-11-12/h2H,1,3-9,12H2. The number of ether oxygens (including phenoxy) is 1. The van der Waals surface area contributed by atoms with E-state index in [9.17, 15) is 0 Å². The molecular formula is C9H19O2P. The van der Waals surface area contributed by atoms with E-state index in [0.29, 0.717) is 0 Å². The van der Waals surface area contributed by atoms with E-state index in [0.717, 1.165) is 45.5 Å². The van der Waals surface area contributed by atoms with Crippen LogP contribution in [0.5, 0.6) is 0 Å². The smallest absolute Gasteiger partial charge is 0.0502 e. The quantitative estimate of drug-likeness (QED) is 0.316. The second-order valence-electron chi connectivity index (χ2n) is 2.62. The van der Waals surface area contributed by atoms with Crippen LogP contribution in [0.1, 0.15) is 25.7 Å². The molecule has 3 heteroatoms. The third-order valence-corrected chi connectivity index (χ3v) is 1.73. The Morgan fingerprint density at radius 2 is 1.75 bits per heavy atom. The van der Waals surface area contributed by atoms with E-state index in [4.69, 9.17) is 9.26 Å². The van der Waals surface area contributed by atoms with E-state index in [1.54, 1.807) is 0 Å². The molecule has 1 atom stereocenters. The summed E-state index contributed by atoms with van der Waals surface area (Å²) in [7, 11) is 2.25. The first-order valence-corrected chi connectivity index (χ1v) is 4.89. The molecule has 0 radical (unpaired) electrons. The predicted molar refractivity (Wildman–Crippen MR) is 55.1 cm³/mol. The van der Waals surface area contributed by atoms with Gasteiger partial charge in [-0.15, -0.1) is 6.58 Å². The summed E-state index contributed by atoms with van der Waals surface area (Å²) in [6.45, 7) is 6.16. The Morgan fingerprint density at radius 1 is 1.08 bits per heavy atom. The molecule has 0 aliphatic rings. The Balaban J connectivity index is 2.77. The summed E-state index contributed by atoms with van der Waals surface area (Å²) in [6.07, 6.45) is 6.22. The lowest BCUT2D eigenvalue weighted by Crippen LogP contribution is -1.97. The van der Waals surface area contributed by atoms with E-state index in [1.807, 2.05) is 6.08 Å². The lowest BCUT2D eigenvalue weighted by atomic mass is 10.3. The first kappa shape index (κ1) is 12.1. The Hall–Kier alpha value is 0.0900. The second-order valence-corrected chi connectivity index (χ2v) is 2.95. The molecule has 0 aliphatic heterocycles. The third kappa shape index (κ3) is 10.1. The molecule has 0 aromatic carbocycles. The molecule has 0 aliphatic carbocycles. The maximum Gasteiger partial charge on any atom is 0.0502 e. The molecule has 0 bridgehead atoms. The monoisotopic (exact) mass is 190 g/mol. The SMILES string of the molecule is C=CCCCOCCCCOP. The molecule has 0 aromatic heterocycles. The van der Waals surface area contributed by atoms with Gasteiger partial charge in [-0.2, -0.15) is 0 Å². The van der Waals surface area contributed by atoms with Gasteiger partial charge in [-0.05, 0) is 25.7 Å². The number of allylic oxidation sites excluding steroid dienone is 1. The van der Waals surface area contributed by atoms with E-state index in [1.165, 1.54) is 0 Å². The van der Waals surface area contributed by atoms with Gasteiger partial charge in [-0.25, -0.2) is 0 Å². The van der Waals surface area contributed by atoms with Crippen molar-refractivity contribution in [3.05, 3.63) is 12.7 Å². The van der Waals surface area contributed by atoms with Gasteiger partial charge in [-0.3, -0.25) is 0 Å². The van der Waals surface area contributed by atoms with Crippen LogP contribution in [0.15, 0.2) is 12.7 Å². The second kappa shape index (κ2) is 11.1. The van der Waals surface area contributed by atoms with E-state index >= 15 is 0 Å². The topological polar surface area (TPSA) is 18.5 Å². The summed E-state index contributed by atoms with van der Waals surface area (Å²) in [4.78, 5) is 0. The first-order chi connectivity index (χ1) is 5.91. The molecule has 72 valence electrons. The van der Waals surface area contributed by atoms with Crippen molar-refractivity contribution < 1.29 is 9.26 Å². The summed E-state index contributed by atoms with van der Waals surface area (Å²) in [5, 5.41) is 0. The normalized spacial score (nSPS) is 10.1. The molecule has 0 N–H and O–H groups in total. The van der Waals surface area contributed by atoms with Crippen LogP contribution in [0, 0.1) is 0 Å². The van der Waals surface area contributed by atoms with Gasteiger partial charge in [0.05, 0.1) is 6.61 Å². The summed E-state index contributed by atoms with van der Waals surface area (Å²) in [5.74, 6) is 0. The Morgan fingerprint density at radius 3 is 2.42 bits per heavy atom. The van der Waals surface area contributed by atoms with Crippen molar-refractivity contribution in [2.45, 2.75) is 25.7 Å². The fourth-order valence-electron chi connectivity index (χ4n) is 0.821. The van der Waals surface area contributed by atoms with Crippen LogP contribution in [0.25, 0.3) is 0 Å². The van der Waals surface area contributed by atoms with E-state index in [-0.39, 0.29) is 0 Å². The minimum atomic E-state index is 0.806. The number of hydrogen-bond donors (Lipinski definition) is 0. The molecule has 0 rings (SSSR count). The molecule has 0 heterocycles. The minimum absolute atomic E-state index is 0.806. The van der Waals surface area contributed by atoms with Gasteiger partial charge in [-0.1, -0.05) is 6.08 Å². The molecular weight excluding hydrogens is 171 g/mol. The lowest BCUT2D eigenvalue weighted by molar-refractivity contribution is 0.125. The maximum atomic E-state index is 5.37. The predicted octanol–water partition coefficient (Wildman–Crippen LogP) is 2.56. The van der Waals surface area contributed by atoms with Crippen LogP contribution in [-0.2, 0) is 9.26 Å². The average Bonchev–Trinajstić information content (AvgIpc) is 2.10. The van der Waals surface area contributed by atoms with Crippen LogP contribution in [0.4, 0.5) is 0 Å². The summed E-state index contributed by atoms with van der Waals surface area (Å²) in [6, 6.07) is 0. The van der Waals surface area contributed by atoms with Crippen molar-refractivity contribution in [1.82, 2.24) is 0 Å². The highest BCUT2D eigenvalue weighted by Crippen LogP contribution is 1.96. The highest BCUT2D eigenvalue weighted by Gasteiger charge is 1.88. The van der Waals surface area contributed by atoms with Gasteiger partial charge in [0.2, 0.25) is 0 Å². The van der Waals surface area contributed by atoms with Crippen molar-refractivity contribution in [1.29, 1.82) is 0 Å². The van der Waals surface area contributed by atoms with Gasteiger partial charge in [0, 0.05) is 22.7 Å². The zero-order valence-electron chi connectivity index (χ0n) is 7.63. The Bertz CT molecular complexity index is 96.5. The van der Waals surface area contributed by atoms with Gasteiger partial charge < -0.3 is 9.26 Å². The van der Waals surface area contributed by atoms with Crippen LogP contribution in [-0.4, -0.2) is 19.8 Å². The first-order valence-electron chi connectivity index (χ1n) is 4.42. The fourth-order valence-corrected chi connectivity index (χ4v) is 0.988. The zero-order chi connectivity index (χ0) is 9.07. The summed E-state index contributed by atoms with van der Waals surface area (Å²) < 4.78 is 10.2. The van der Waals surface area contributed by atoms with Gasteiger partial charge in [0.1, 0.15) is 0 Å². The molecule has 0 fully saturated rings. The fraction of sp³-hybridized carbons (Fsp3) is 0.778. The molecule has 0 saturated heterocycles. The van der Waals surface area contributed by atoms with Crippen molar-refractivity contribution in [2.24, 2.45) is 0 Å². The van der Waals surface area contributed by atoms with E-state index < -0.39 is 0 Å². The lowest BCUT2D eigenvalue weighted by Gasteiger charge is -2.02. The van der Waals surface area contributed by atoms with Crippen LogP contribution >= 0.6 is 9.47 Å². The van der Waals surface area contributed by atoms with E-state index in [2.05, 4.69) is 16.0 Å². The molecule has 1 unspecified atom stereocenters. The summed E-state index contributed by atoms with van der Waals surface area (Å²) >= 11 is 0.